The van der Waals surface area contributed by atoms with Gasteiger partial charge in [0.15, 0.2) is 0 Å². The van der Waals surface area contributed by atoms with Crippen LogP contribution in [-0.2, 0) is 14.4 Å². The Morgan fingerprint density at radius 3 is 2.53 bits per heavy atom. The fraction of sp³-hybridized carbons (Fsp3) is 0.381. The fourth-order valence-corrected chi connectivity index (χ4v) is 4.31. The molecule has 2 N–H and O–H groups in total. The SMILES string of the molecule is C=CC[C@H](NC(=O)C1CCN(C(=O)/C=C/c2ccc(SC)c(Cl)c2Cl)CC1)C(=O)O. The van der Waals surface area contributed by atoms with Crippen LogP contribution in [-0.4, -0.2) is 53.2 Å². The third-order valence-corrected chi connectivity index (χ3v) is 6.69. The van der Waals surface area contributed by atoms with E-state index in [0.29, 0.717) is 41.5 Å². The molecule has 1 aromatic carbocycles. The van der Waals surface area contributed by atoms with Crippen LogP contribution in [0, 0.1) is 5.92 Å². The summed E-state index contributed by atoms with van der Waals surface area (Å²) in [4.78, 5) is 38.5. The van der Waals surface area contributed by atoms with Crippen molar-refractivity contribution >= 4 is 58.8 Å². The van der Waals surface area contributed by atoms with Crippen LogP contribution in [0.4, 0.5) is 0 Å². The van der Waals surface area contributed by atoms with Gasteiger partial charge in [-0.3, -0.25) is 9.59 Å². The van der Waals surface area contributed by atoms with Crippen LogP contribution >= 0.6 is 35.0 Å². The van der Waals surface area contributed by atoms with E-state index in [-0.39, 0.29) is 24.2 Å². The van der Waals surface area contributed by atoms with Crippen molar-refractivity contribution in [1.82, 2.24) is 10.2 Å². The largest absolute Gasteiger partial charge is 0.480 e. The zero-order valence-electron chi connectivity index (χ0n) is 16.6. The zero-order valence-corrected chi connectivity index (χ0v) is 18.9. The molecule has 1 aliphatic heterocycles. The Labute approximate surface area is 190 Å². The highest BCUT2D eigenvalue weighted by atomic mass is 35.5. The molecule has 1 atom stereocenters. The van der Waals surface area contributed by atoms with Crippen molar-refractivity contribution in [2.75, 3.05) is 19.3 Å². The van der Waals surface area contributed by atoms with Gasteiger partial charge < -0.3 is 15.3 Å². The Morgan fingerprint density at radius 1 is 1.30 bits per heavy atom. The van der Waals surface area contributed by atoms with Gasteiger partial charge in [-0.2, -0.15) is 0 Å². The molecule has 0 saturated carbocycles. The van der Waals surface area contributed by atoms with Crippen LogP contribution in [0.15, 0.2) is 35.8 Å². The summed E-state index contributed by atoms with van der Waals surface area (Å²) in [5.74, 6) is -1.89. The number of halogens is 2. The summed E-state index contributed by atoms with van der Waals surface area (Å²) in [7, 11) is 0. The average molecular weight is 471 g/mol. The van der Waals surface area contributed by atoms with Crippen molar-refractivity contribution in [3.63, 3.8) is 0 Å². The van der Waals surface area contributed by atoms with Crippen LogP contribution in [0.5, 0.6) is 0 Å². The predicted octanol–water partition coefficient (Wildman–Crippen LogP) is 4.11. The predicted molar refractivity (Wildman–Crippen MR) is 121 cm³/mol. The van der Waals surface area contributed by atoms with Gasteiger partial charge >= 0.3 is 5.97 Å². The first-order chi connectivity index (χ1) is 14.3. The molecular formula is C21H24Cl2N2O4S. The number of thioether (sulfide) groups is 1. The van der Waals surface area contributed by atoms with E-state index < -0.39 is 12.0 Å². The summed E-state index contributed by atoms with van der Waals surface area (Å²) in [5, 5.41) is 12.5. The third kappa shape index (κ3) is 6.27. The Hall–Kier alpha value is -1.96. The van der Waals surface area contributed by atoms with Crippen molar-refractivity contribution in [3.8, 4) is 0 Å². The second-order valence-electron chi connectivity index (χ2n) is 6.84. The number of carboxylic acid groups (broad SMARTS) is 1. The lowest BCUT2D eigenvalue weighted by atomic mass is 9.95. The summed E-state index contributed by atoms with van der Waals surface area (Å²) < 4.78 is 0. The number of nitrogens with one attached hydrogen (secondary N) is 1. The van der Waals surface area contributed by atoms with Gasteiger partial charge in [-0.25, -0.2) is 4.79 Å². The number of benzene rings is 1. The van der Waals surface area contributed by atoms with E-state index in [2.05, 4.69) is 11.9 Å². The summed E-state index contributed by atoms with van der Waals surface area (Å²) in [6.07, 6.45) is 7.55. The van der Waals surface area contributed by atoms with Crippen molar-refractivity contribution in [3.05, 3.63) is 46.5 Å². The lowest BCUT2D eigenvalue weighted by Crippen LogP contribution is -2.47. The van der Waals surface area contributed by atoms with E-state index in [1.54, 1.807) is 11.0 Å². The highest BCUT2D eigenvalue weighted by Crippen LogP contribution is 2.35. The lowest BCUT2D eigenvalue weighted by molar-refractivity contribution is -0.142. The normalized spacial score (nSPS) is 15.8. The maximum absolute atomic E-state index is 12.5. The molecule has 0 radical (unpaired) electrons. The number of hydrogen-bond acceptors (Lipinski definition) is 4. The Bertz CT molecular complexity index is 852. The molecule has 1 saturated heterocycles. The highest BCUT2D eigenvalue weighted by molar-refractivity contribution is 7.98. The molecule has 162 valence electrons. The number of rotatable bonds is 8. The van der Waals surface area contributed by atoms with Gasteiger partial charge in [0.2, 0.25) is 11.8 Å². The molecule has 0 aliphatic carbocycles. The van der Waals surface area contributed by atoms with Crippen LogP contribution in [0.25, 0.3) is 6.08 Å². The molecule has 0 unspecified atom stereocenters. The van der Waals surface area contributed by atoms with Gasteiger partial charge in [0.1, 0.15) is 6.04 Å². The third-order valence-electron chi connectivity index (χ3n) is 4.90. The molecule has 2 rings (SSSR count). The van der Waals surface area contributed by atoms with E-state index in [4.69, 9.17) is 28.3 Å². The van der Waals surface area contributed by atoms with Gasteiger partial charge in [0.25, 0.3) is 0 Å². The Balaban J connectivity index is 1.92. The fourth-order valence-electron chi connectivity index (χ4n) is 3.14. The molecule has 0 aromatic heterocycles. The summed E-state index contributed by atoms with van der Waals surface area (Å²) in [6, 6.07) is 2.68. The summed E-state index contributed by atoms with van der Waals surface area (Å²) in [6.45, 7) is 4.34. The number of carboxylic acids is 1. The Morgan fingerprint density at radius 2 is 1.97 bits per heavy atom. The number of nitrogens with zero attached hydrogens (tertiary/aromatic N) is 1. The number of hydrogen-bond donors (Lipinski definition) is 2. The minimum absolute atomic E-state index is 0.160. The van der Waals surface area contributed by atoms with Crippen LogP contribution in [0.3, 0.4) is 0 Å². The maximum atomic E-state index is 12.5. The number of piperidine rings is 1. The number of aliphatic carboxylic acids is 1. The topological polar surface area (TPSA) is 86.7 Å². The van der Waals surface area contributed by atoms with Crippen molar-refractivity contribution in [1.29, 1.82) is 0 Å². The standard InChI is InChI=1S/C21H24Cl2N2O4S/c1-3-4-15(21(28)29)24-20(27)14-9-11-25(12-10-14)17(26)8-6-13-5-7-16(30-2)19(23)18(13)22/h3,5-8,14-15H,1,4,9-12H2,2H3,(H,24,27)(H,28,29)/b8-6+/t15-/m0/s1. The first kappa shape index (κ1) is 24.3. The minimum Gasteiger partial charge on any atom is -0.480 e. The molecule has 1 fully saturated rings. The molecule has 1 heterocycles. The van der Waals surface area contributed by atoms with E-state index in [1.165, 1.54) is 23.9 Å². The maximum Gasteiger partial charge on any atom is 0.326 e. The first-order valence-corrected chi connectivity index (χ1v) is 11.4. The smallest absolute Gasteiger partial charge is 0.326 e. The van der Waals surface area contributed by atoms with E-state index in [9.17, 15) is 14.4 Å². The molecule has 30 heavy (non-hydrogen) atoms. The van der Waals surface area contributed by atoms with Gasteiger partial charge in [0, 0.05) is 30.0 Å². The number of carbonyl (C=O) groups excluding carboxylic acids is 2. The number of carbonyl (C=O) groups is 3. The van der Waals surface area contributed by atoms with E-state index in [0.717, 1.165) is 4.90 Å². The quantitative estimate of drug-likeness (QED) is 0.339. The lowest BCUT2D eigenvalue weighted by Gasteiger charge is -2.31. The Kier molecular flexibility index (Phi) is 9.27. The molecule has 0 bridgehead atoms. The molecule has 6 nitrogen and oxygen atoms in total. The molecule has 1 aromatic rings. The van der Waals surface area contributed by atoms with Crippen LogP contribution in [0.2, 0.25) is 10.0 Å². The minimum atomic E-state index is -1.09. The first-order valence-electron chi connectivity index (χ1n) is 9.41. The number of likely N-dealkylation sites (tertiary alicyclic amines) is 1. The van der Waals surface area contributed by atoms with Gasteiger partial charge in [-0.1, -0.05) is 35.3 Å². The molecule has 9 heteroatoms. The van der Waals surface area contributed by atoms with Crippen molar-refractivity contribution < 1.29 is 19.5 Å². The van der Waals surface area contributed by atoms with Crippen LogP contribution < -0.4 is 5.32 Å². The molecule has 1 aliphatic rings. The van der Waals surface area contributed by atoms with Crippen molar-refractivity contribution in [2.45, 2.75) is 30.2 Å². The summed E-state index contributed by atoms with van der Waals surface area (Å²) in [5.41, 5.74) is 0.656. The number of amides is 2. The van der Waals surface area contributed by atoms with E-state index >= 15 is 0 Å². The summed E-state index contributed by atoms with van der Waals surface area (Å²) >= 11 is 14.0. The zero-order chi connectivity index (χ0) is 22.3. The monoisotopic (exact) mass is 470 g/mol. The highest BCUT2D eigenvalue weighted by Gasteiger charge is 2.29. The van der Waals surface area contributed by atoms with Crippen molar-refractivity contribution in [2.24, 2.45) is 5.92 Å². The average Bonchev–Trinajstić information content (AvgIpc) is 2.74. The second-order valence-corrected chi connectivity index (χ2v) is 8.45. The molecular weight excluding hydrogens is 447 g/mol. The second kappa shape index (κ2) is 11.4. The van der Waals surface area contributed by atoms with Crippen LogP contribution in [0.1, 0.15) is 24.8 Å². The van der Waals surface area contributed by atoms with Gasteiger partial charge in [-0.05, 0) is 43.2 Å². The molecule has 0 spiro atoms. The van der Waals surface area contributed by atoms with Gasteiger partial charge in [0.05, 0.1) is 10.0 Å². The molecule has 2 amide bonds. The van der Waals surface area contributed by atoms with Gasteiger partial charge in [-0.15, -0.1) is 18.3 Å². The van der Waals surface area contributed by atoms with E-state index in [1.807, 2.05) is 18.4 Å².